The number of anilines is 4. The molecule has 0 aliphatic rings. The number of carbonyl (C=O) groups is 1. The number of ether oxygens (including phenoxy) is 1. The minimum Gasteiger partial charge on any atom is -0.457 e. The Morgan fingerprint density at radius 3 is 2.41 bits per heavy atom. The second-order valence-corrected chi connectivity index (χ2v) is 6.85. The summed E-state index contributed by atoms with van der Waals surface area (Å²) in [6.45, 7) is 3.44. The predicted octanol–water partition coefficient (Wildman–Crippen LogP) is 5.39. The van der Waals surface area contributed by atoms with Gasteiger partial charge in [0.25, 0.3) is 0 Å². The molecule has 0 radical (unpaired) electrons. The maximum atomic E-state index is 11.5. The molecular formula is C25H21N5O2. The number of nitrogens with zero attached hydrogens (tertiary/aromatic N) is 2. The van der Waals surface area contributed by atoms with Gasteiger partial charge in [0.05, 0.1) is 17.1 Å². The van der Waals surface area contributed by atoms with E-state index in [0.717, 1.165) is 22.7 Å². The molecule has 0 fully saturated rings. The molecule has 0 saturated heterocycles. The van der Waals surface area contributed by atoms with Crippen LogP contribution in [0.25, 0.3) is 11.3 Å². The Bertz CT molecular complexity index is 1240. The molecule has 0 aliphatic carbocycles. The number of hydrogen-bond acceptors (Lipinski definition) is 6. The van der Waals surface area contributed by atoms with Crippen LogP contribution in [0.4, 0.5) is 22.9 Å². The van der Waals surface area contributed by atoms with Gasteiger partial charge in [0, 0.05) is 17.3 Å². The van der Waals surface area contributed by atoms with E-state index in [1.807, 2.05) is 66.7 Å². The number of aromatic nitrogens is 2. The molecule has 158 valence electrons. The van der Waals surface area contributed by atoms with Gasteiger partial charge in [-0.3, -0.25) is 4.79 Å². The SMILES string of the molecule is C=CC(=O)Nc1ccc(-c2cc(Nc3ccc(Oc4ccccc4)cc3)ncn2)cc1N. The molecule has 1 heterocycles. The summed E-state index contributed by atoms with van der Waals surface area (Å²) in [5.74, 6) is 1.83. The summed E-state index contributed by atoms with van der Waals surface area (Å²) in [5, 5.41) is 5.92. The summed E-state index contributed by atoms with van der Waals surface area (Å²) >= 11 is 0. The van der Waals surface area contributed by atoms with Crippen molar-refractivity contribution >= 4 is 28.8 Å². The Morgan fingerprint density at radius 2 is 1.69 bits per heavy atom. The number of rotatable bonds is 7. The first kappa shape index (κ1) is 20.6. The number of nitrogen functional groups attached to an aromatic ring is 1. The van der Waals surface area contributed by atoms with Crippen LogP contribution < -0.4 is 21.1 Å². The van der Waals surface area contributed by atoms with Crippen molar-refractivity contribution in [3.05, 3.63) is 97.8 Å². The summed E-state index contributed by atoms with van der Waals surface area (Å²) < 4.78 is 5.82. The van der Waals surface area contributed by atoms with Gasteiger partial charge in [-0.2, -0.15) is 0 Å². The van der Waals surface area contributed by atoms with Crippen LogP contribution in [-0.4, -0.2) is 15.9 Å². The van der Waals surface area contributed by atoms with E-state index in [0.29, 0.717) is 22.9 Å². The lowest BCUT2D eigenvalue weighted by Crippen LogP contribution is -2.09. The predicted molar refractivity (Wildman–Crippen MR) is 127 cm³/mol. The molecule has 0 unspecified atom stereocenters. The molecule has 0 aliphatic heterocycles. The lowest BCUT2D eigenvalue weighted by molar-refractivity contribution is -0.111. The highest BCUT2D eigenvalue weighted by atomic mass is 16.5. The van der Waals surface area contributed by atoms with Crippen molar-refractivity contribution in [3.8, 4) is 22.8 Å². The first-order valence-corrected chi connectivity index (χ1v) is 9.86. The van der Waals surface area contributed by atoms with Crippen LogP contribution in [0.5, 0.6) is 11.5 Å². The number of carbonyl (C=O) groups excluding carboxylic acids is 1. The van der Waals surface area contributed by atoms with E-state index >= 15 is 0 Å². The second kappa shape index (κ2) is 9.44. The van der Waals surface area contributed by atoms with E-state index in [4.69, 9.17) is 10.5 Å². The smallest absolute Gasteiger partial charge is 0.247 e. The third kappa shape index (κ3) is 5.09. The van der Waals surface area contributed by atoms with Crippen LogP contribution in [0, 0.1) is 0 Å². The van der Waals surface area contributed by atoms with Crippen molar-refractivity contribution in [3.63, 3.8) is 0 Å². The lowest BCUT2D eigenvalue weighted by Gasteiger charge is -2.10. The number of para-hydroxylation sites is 1. The molecule has 4 N–H and O–H groups in total. The average molecular weight is 423 g/mol. The van der Waals surface area contributed by atoms with Gasteiger partial charge in [-0.25, -0.2) is 9.97 Å². The molecule has 7 heteroatoms. The molecule has 0 bridgehead atoms. The highest BCUT2D eigenvalue weighted by Crippen LogP contribution is 2.28. The monoisotopic (exact) mass is 423 g/mol. The van der Waals surface area contributed by atoms with E-state index in [9.17, 15) is 4.79 Å². The lowest BCUT2D eigenvalue weighted by atomic mass is 10.1. The van der Waals surface area contributed by atoms with Crippen molar-refractivity contribution in [1.29, 1.82) is 0 Å². The zero-order chi connectivity index (χ0) is 22.3. The quantitative estimate of drug-likeness (QED) is 0.272. The average Bonchev–Trinajstić information content (AvgIpc) is 2.82. The Hall–Kier alpha value is -4.65. The maximum Gasteiger partial charge on any atom is 0.247 e. The minimum atomic E-state index is -0.321. The van der Waals surface area contributed by atoms with Crippen LogP contribution >= 0.6 is 0 Å². The third-order valence-corrected chi connectivity index (χ3v) is 4.56. The zero-order valence-corrected chi connectivity index (χ0v) is 17.2. The number of nitrogens with one attached hydrogen (secondary N) is 2. The van der Waals surface area contributed by atoms with Crippen LogP contribution in [0.2, 0.25) is 0 Å². The van der Waals surface area contributed by atoms with Crippen molar-refractivity contribution < 1.29 is 9.53 Å². The summed E-state index contributed by atoms with van der Waals surface area (Å²) in [7, 11) is 0. The van der Waals surface area contributed by atoms with Gasteiger partial charge in [0.15, 0.2) is 0 Å². The molecule has 32 heavy (non-hydrogen) atoms. The van der Waals surface area contributed by atoms with E-state index in [1.54, 1.807) is 12.1 Å². The van der Waals surface area contributed by atoms with Gasteiger partial charge in [-0.15, -0.1) is 0 Å². The molecule has 1 aromatic heterocycles. The van der Waals surface area contributed by atoms with Crippen molar-refractivity contribution in [2.24, 2.45) is 0 Å². The van der Waals surface area contributed by atoms with Crippen molar-refractivity contribution in [1.82, 2.24) is 9.97 Å². The fourth-order valence-corrected chi connectivity index (χ4v) is 2.98. The molecule has 4 rings (SSSR count). The largest absolute Gasteiger partial charge is 0.457 e. The Labute approximate surface area is 185 Å². The van der Waals surface area contributed by atoms with E-state index in [-0.39, 0.29) is 5.91 Å². The second-order valence-electron chi connectivity index (χ2n) is 6.85. The van der Waals surface area contributed by atoms with Gasteiger partial charge in [-0.1, -0.05) is 30.8 Å². The van der Waals surface area contributed by atoms with E-state index in [2.05, 4.69) is 27.2 Å². The summed E-state index contributed by atoms with van der Waals surface area (Å²) in [6.07, 6.45) is 2.67. The topological polar surface area (TPSA) is 102 Å². The number of benzene rings is 3. The first-order valence-electron chi connectivity index (χ1n) is 9.86. The highest BCUT2D eigenvalue weighted by molar-refractivity contribution is 6.01. The number of hydrogen-bond donors (Lipinski definition) is 3. The van der Waals surface area contributed by atoms with E-state index in [1.165, 1.54) is 12.4 Å². The summed E-state index contributed by atoms with van der Waals surface area (Å²) in [6, 6.07) is 24.3. The van der Waals surface area contributed by atoms with Crippen LogP contribution in [0.15, 0.2) is 97.8 Å². The van der Waals surface area contributed by atoms with Crippen molar-refractivity contribution in [2.45, 2.75) is 0 Å². The van der Waals surface area contributed by atoms with Crippen molar-refractivity contribution in [2.75, 3.05) is 16.4 Å². The Balaban J connectivity index is 1.47. The van der Waals surface area contributed by atoms with E-state index < -0.39 is 0 Å². The molecule has 0 spiro atoms. The normalized spacial score (nSPS) is 10.2. The van der Waals surface area contributed by atoms with Crippen LogP contribution in [-0.2, 0) is 4.79 Å². The third-order valence-electron chi connectivity index (χ3n) is 4.56. The summed E-state index contributed by atoms with van der Waals surface area (Å²) in [4.78, 5) is 20.1. The van der Waals surface area contributed by atoms with Gasteiger partial charge in [-0.05, 0) is 54.6 Å². The molecule has 1 amide bonds. The molecule has 0 atom stereocenters. The molecule has 7 nitrogen and oxygen atoms in total. The fraction of sp³-hybridized carbons (Fsp3) is 0. The first-order chi connectivity index (χ1) is 15.6. The highest BCUT2D eigenvalue weighted by Gasteiger charge is 2.07. The number of amides is 1. The van der Waals surface area contributed by atoms with Gasteiger partial charge >= 0.3 is 0 Å². The number of nitrogens with two attached hydrogens (primary N) is 1. The molecule has 0 saturated carbocycles. The van der Waals surface area contributed by atoms with Gasteiger partial charge < -0.3 is 21.1 Å². The molecular weight excluding hydrogens is 402 g/mol. The van der Waals surface area contributed by atoms with Gasteiger partial charge in [0.1, 0.15) is 23.6 Å². The summed E-state index contributed by atoms with van der Waals surface area (Å²) in [5.41, 5.74) is 9.38. The molecule has 3 aromatic carbocycles. The maximum absolute atomic E-state index is 11.5. The Kier molecular flexibility index (Phi) is 6.08. The standard InChI is InChI=1S/C25H21N5O2/c1-2-25(31)30-22-13-8-17(14-21(22)26)23-15-24(28-16-27-23)29-18-9-11-20(12-10-18)32-19-6-4-3-5-7-19/h2-16H,1,26H2,(H,30,31)(H,27,28,29). The minimum absolute atomic E-state index is 0.321. The van der Waals surface area contributed by atoms with Gasteiger partial charge in [0.2, 0.25) is 5.91 Å². The molecule has 4 aromatic rings. The Morgan fingerprint density at radius 1 is 0.938 bits per heavy atom. The zero-order valence-electron chi connectivity index (χ0n) is 17.2. The van der Waals surface area contributed by atoms with Crippen LogP contribution in [0.3, 0.4) is 0 Å². The van der Waals surface area contributed by atoms with Crippen LogP contribution in [0.1, 0.15) is 0 Å². The fourth-order valence-electron chi connectivity index (χ4n) is 2.98.